The van der Waals surface area contributed by atoms with Gasteiger partial charge >= 0.3 is 0 Å². The molecule has 0 atom stereocenters. The van der Waals surface area contributed by atoms with E-state index in [4.69, 9.17) is 5.11 Å². The number of hydrogen-bond donors (Lipinski definition) is 1. The molecule has 0 fully saturated rings. The van der Waals surface area contributed by atoms with Gasteiger partial charge in [-0.3, -0.25) is 0 Å². The van der Waals surface area contributed by atoms with Gasteiger partial charge in [0.25, 0.3) is 0 Å². The normalized spacial score (nSPS) is 11.8. The van der Waals surface area contributed by atoms with Crippen molar-refractivity contribution in [2.45, 2.75) is 64.7 Å². The van der Waals surface area contributed by atoms with Crippen LogP contribution in [-0.4, -0.2) is 5.11 Å². The van der Waals surface area contributed by atoms with Crippen LogP contribution in [0.1, 0.15) is 64.7 Å². The molecule has 0 amide bonds. The molecule has 15 heavy (non-hydrogen) atoms. The van der Waals surface area contributed by atoms with Crippen LogP contribution < -0.4 is 0 Å². The van der Waals surface area contributed by atoms with Gasteiger partial charge in [-0.2, -0.15) is 0 Å². The molecule has 0 aromatic rings. The third kappa shape index (κ3) is 13.3. The van der Waals surface area contributed by atoms with Crippen LogP contribution in [0, 0.1) is 0 Å². The Kier molecular flexibility index (Phi) is 12.6. The molecule has 1 N–H and O–H groups in total. The number of aliphatic hydroxyl groups is 1. The molecular weight excluding hydrogens is 184 g/mol. The maximum atomic E-state index is 8.42. The van der Waals surface area contributed by atoms with E-state index in [-0.39, 0.29) is 0 Å². The fourth-order valence-electron chi connectivity index (χ4n) is 1.51. The minimum Gasteiger partial charge on any atom is -0.516 e. The third-order valence-electron chi connectivity index (χ3n) is 2.49. The summed E-state index contributed by atoms with van der Waals surface area (Å²) in [6.45, 7) is 2.23. The summed E-state index contributed by atoms with van der Waals surface area (Å²) in [5.41, 5.74) is 0. The average molecular weight is 210 g/mol. The maximum absolute atomic E-state index is 8.42. The molecule has 0 unspecified atom stereocenters. The molecule has 0 spiro atoms. The summed E-state index contributed by atoms with van der Waals surface area (Å²) in [5, 5.41) is 8.42. The lowest BCUT2D eigenvalue weighted by atomic mass is 10.1. The lowest BCUT2D eigenvalue weighted by molar-refractivity contribution is 0.469. The summed E-state index contributed by atoms with van der Waals surface area (Å²) in [5.74, 6) is 0. The van der Waals surface area contributed by atoms with Gasteiger partial charge in [0.2, 0.25) is 0 Å². The van der Waals surface area contributed by atoms with Crippen LogP contribution in [0.2, 0.25) is 0 Å². The molecule has 1 nitrogen and oxygen atoms in total. The molecule has 88 valence electrons. The molecule has 0 rings (SSSR count). The summed E-state index contributed by atoms with van der Waals surface area (Å²) < 4.78 is 0. The van der Waals surface area contributed by atoms with Crippen molar-refractivity contribution in [2.24, 2.45) is 0 Å². The highest BCUT2D eigenvalue weighted by Gasteiger charge is 1.87. The van der Waals surface area contributed by atoms with Crippen LogP contribution in [0.15, 0.2) is 24.5 Å². The molecule has 0 aromatic heterocycles. The minimum absolute atomic E-state index is 1.02. The van der Waals surface area contributed by atoms with Crippen molar-refractivity contribution in [2.75, 3.05) is 0 Å². The lowest BCUT2D eigenvalue weighted by Gasteiger charge is -1.96. The summed E-state index contributed by atoms with van der Waals surface area (Å²) in [6.07, 6.45) is 18.8. The number of aliphatic hydroxyl groups excluding tert-OH is 1. The van der Waals surface area contributed by atoms with Crippen molar-refractivity contribution in [1.82, 2.24) is 0 Å². The smallest absolute Gasteiger partial charge is 0.0751 e. The third-order valence-corrected chi connectivity index (χ3v) is 2.49. The molecular formula is C14H26O. The van der Waals surface area contributed by atoms with Gasteiger partial charge in [0.1, 0.15) is 0 Å². The minimum atomic E-state index is 1.02. The van der Waals surface area contributed by atoms with E-state index in [9.17, 15) is 0 Å². The van der Waals surface area contributed by atoms with Gasteiger partial charge in [-0.15, -0.1) is 0 Å². The van der Waals surface area contributed by atoms with Crippen molar-refractivity contribution < 1.29 is 5.11 Å². The average Bonchev–Trinajstić information content (AvgIpc) is 2.26. The summed E-state index contributed by atoms with van der Waals surface area (Å²) >= 11 is 0. The van der Waals surface area contributed by atoms with E-state index in [0.29, 0.717) is 0 Å². The molecule has 0 aliphatic rings. The number of allylic oxidation sites excluding steroid dienone is 3. The predicted molar refractivity (Wildman–Crippen MR) is 68.1 cm³/mol. The van der Waals surface area contributed by atoms with E-state index < -0.39 is 0 Å². The zero-order chi connectivity index (χ0) is 11.2. The molecule has 0 aliphatic heterocycles. The first-order valence-corrected chi connectivity index (χ1v) is 6.36. The highest BCUT2D eigenvalue weighted by molar-refractivity contribution is 4.81. The van der Waals surface area contributed by atoms with Crippen LogP contribution >= 0.6 is 0 Å². The number of unbranched alkanes of at least 4 members (excludes halogenated alkanes) is 7. The quantitative estimate of drug-likeness (QED) is 0.300. The fourth-order valence-corrected chi connectivity index (χ4v) is 1.51. The number of rotatable bonds is 10. The van der Waals surface area contributed by atoms with Crippen LogP contribution in [0.5, 0.6) is 0 Å². The second-order valence-corrected chi connectivity index (χ2v) is 3.99. The standard InChI is InChI=1S/C14H26O/c1-2-3-4-5-6-7-8-9-10-11-12-13-14-15/h5-6,13-15H,2-4,7-12H2,1H3/b6-5+,14-13+. The van der Waals surface area contributed by atoms with Crippen molar-refractivity contribution >= 4 is 0 Å². The monoisotopic (exact) mass is 210 g/mol. The Morgan fingerprint density at radius 2 is 1.27 bits per heavy atom. The zero-order valence-electron chi connectivity index (χ0n) is 10.1. The molecule has 0 saturated heterocycles. The molecule has 0 radical (unpaired) electrons. The SMILES string of the molecule is CCCC/C=C/CCCCCC/C=C/O. The van der Waals surface area contributed by atoms with Crippen molar-refractivity contribution in [3.05, 3.63) is 24.5 Å². The molecule has 0 bridgehead atoms. The maximum Gasteiger partial charge on any atom is 0.0751 e. The van der Waals surface area contributed by atoms with Gasteiger partial charge in [-0.1, -0.05) is 50.8 Å². The van der Waals surface area contributed by atoms with Gasteiger partial charge in [0.15, 0.2) is 0 Å². The molecule has 0 aliphatic carbocycles. The van der Waals surface area contributed by atoms with E-state index in [1.54, 1.807) is 0 Å². The Balaban J connectivity index is 3.01. The van der Waals surface area contributed by atoms with Gasteiger partial charge in [-0.05, 0) is 32.1 Å². The first kappa shape index (κ1) is 14.3. The van der Waals surface area contributed by atoms with Gasteiger partial charge < -0.3 is 5.11 Å². The molecule has 1 heteroatoms. The van der Waals surface area contributed by atoms with Crippen LogP contribution in [0.25, 0.3) is 0 Å². The Morgan fingerprint density at radius 1 is 0.733 bits per heavy atom. The number of hydrogen-bond acceptors (Lipinski definition) is 1. The van der Waals surface area contributed by atoms with E-state index in [1.807, 2.05) is 6.08 Å². The van der Waals surface area contributed by atoms with Gasteiger partial charge in [0, 0.05) is 0 Å². The first-order valence-electron chi connectivity index (χ1n) is 6.36. The van der Waals surface area contributed by atoms with E-state index in [2.05, 4.69) is 19.1 Å². The summed E-state index contributed by atoms with van der Waals surface area (Å²) in [7, 11) is 0. The van der Waals surface area contributed by atoms with Gasteiger partial charge in [0.05, 0.1) is 6.26 Å². The van der Waals surface area contributed by atoms with Gasteiger partial charge in [-0.25, -0.2) is 0 Å². The van der Waals surface area contributed by atoms with E-state index in [0.717, 1.165) is 12.7 Å². The Labute approximate surface area is 94.9 Å². The second-order valence-electron chi connectivity index (χ2n) is 3.99. The highest BCUT2D eigenvalue weighted by atomic mass is 16.2. The van der Waals surface area contributed by atoms with Crippen molar-refractivity contribution in [3.8, 4) is 0 Å². The second kappa shape index (κ2) is 13.3. The zero-order valence-corrected chi connectivity index (χ0v) is 10.1. The highest BCUT2D eigenvalue weighted by Crippen LogP contribution is 2.06. The van der Waals surface area contributed by atoms with Crippen LogP contribution in [-0.2, 0) is 0 Å². The fraction of sp³-hybridized carbons (Fsp3) is 0.714. The summed E-state index contributed by atoms with van der Waals surface area (Å²) in [6, 6.07) is 0. The van der Waals surface area contributed by atoms with E-state index in [1.165, 1.54) is 51.4 Å². The van der Waals surface area contributed by atoms with Crippen molar-refractivity contribution in [3.63, 3.8) is 0 Å². The van der Waals surface area contributed by atoms with E-state index >= 15 is 0 Å². The van der Waals surface area contributed by atoms with Crippen molar-refractivity contribution in [1.29, 1.82) is 0 Å². The molecule has 0 saturated carbocycles. The molecule has 0 heterocycles. The Bertz CT molecular complexity index is 159. The largest absolute Gasteiger partial charge is 0.516 e. The lowest BCUT2D eigenvalue weighted by Crippen LogP contribution is -1.77. The first-order chi connectivity index (χ1) is 7.41. The Hall–Kier alpha value is -0.720. The summed E-state index contributed by atoms with van der Waals surface area (Å²) in [4.78, 5) is 0. The predicted octanol–water partition coefficient (Wildman–Crippen LogP) is 5.15. The molecule has 0 aromatic carbocycles. The van der Waals surface area contributed by atoms with Crippen LogP contribution in [0.4, 0.5) is 0 Å². The Morgan fingerprint density at radius 3 is 1.80 bits per heavy atom. The topological polar surface area (TPSA) is 20.2 Å². The van der Waals surface area contributed by atoms with Crippen LogP contribution in [0.3, 0.4) is 0 Å².